The molecule has 0 fully saturated rings. The summed E-state index contributed by atoms with van der Waals surface area (Å²) >= 11 is 0. The van der Waals surface area contributed by atoms with Gasteiger partial charge in [0.25, 0.3) is 0 Å². The van der Waals surface area contributed by atoms with Gasteiger partial charge < -0.3 is 5.32 Å². The fraction of sp³-hybridized carbons (Fsp3) is 0.600. The molecule has 0 unspecified atom stereocenters. The SMILES string of the molecule is CC(C)NCCCCS(=O)(=O)N(C)Cc1ccccc1. The first-order valence-corrected chi connectivity index (χ1v) is 8.74. The van der Waals surface area contributed by atoms with Crippen molar-refractivity contribution in [3.63, 3.8) is 0 Å². The van der Waals surface area contributed by atoms with Crippen LogP contribution in [0.5, 0.6) is 0 Å². The highest BCUT2D eigenvalue weighted by Crippen LogP contribution is 2.08. The summed E-state index contributed by atoms with van der Waals surface area (Å²) in [5.74, 6) is 0.218. The van der Waals surface area contributed by atoms with Gasteiger partial charge in [0, 0.05) is 19.6 Å². The zero-order valence-electron chi connectivity index (χ0n) is 12.7. The maximum atomic E-state index is 12.1. The van der Waals surface area contributed by atoms with Crippen molar-refractivity contribution in [1.82, 2.24) is 9.62 Å². The number of rotatable bonds is 9. The van der Waals surface area contributed by atoms with Crippen LogP contribution in [0, 0.1) is 0 Å². The van der Waals surface area contributed by atoms with Gasteiger partial charge in [-0.15, -0.1) is 0 Å². The average Bonchev–Trinajstić information content (AvgIpc) is 2.39. The van der Waals surface area contributed by atoms with Gasteiger partial charge in [-0.05, 0) is 24.9 Å². The summed E-state index contributed by atoms with van der Waals surface area (Å²) in [6, 6.07) is 10.1. The molecule has 0 aliphatic rings. The lowest BCUT2D eigenvalue weighted by Crippen LogP contribution is -2.29. The van der Waals surface area contributed by atoms with E-state index in [-0.39, 0.29) is 5.75 Å². The first-order valence-electron chi connectivity index (χ1n) is 7.13. The lowest BCUT2D eigenvalue weighted by atomic mass is 10.2. The average molecular weight is 298 g/mol. The Labute approximate surface area is 123 Å². The van der Waals surface area contributed by atoms with E-state index in [0.717, 1.165) is 18.5 Å². The molecule has 1 aromatic carbocycles. The summed E-state index contributed by atoms with van der Waals surface area (Å²) in [7, 11) is -1.51. The number of unbranched alkanes of at least 4 members (excludes halogenated alkanes) is 1. The molecule has 1 N–H and O–H groups in total. The fourth-order valence-electron chi connectivity index (χ4n) is 1.89. The van der Waals surface area contributed by atoms with Crippen molar-refractivity contribution >= 4 is 10.0 Å². The molecule has 5 heteroatoms. The Bertz CT molecular complexity index is 472. The predicted molar refractivity (Wildman–Crippen MR) is 84.1 cm³/mol. The Morgan fingerprint density at radius 3 is 2.40 bits per heavy atom. The van der Waals surface area contributed by atoms with Crippen LogP contribution in [0.3, 0.4) is 0 Å². The molecule has 20 heavy (non-hydrogen) atoms. The predicted octanol–water partition coefficient (Wildman–Crippen LogP) is 2.23. The van der Waals surface area contributed by atoms with Crippen LogP contribution in [0.2, 0.25) is 0 Å². The standard InChI is InChI=1S/C15H26N2O2S/c1-14(2)16-11-7-8-12-20(18,19)17(3)13-15-9-5-4-6-10-15/h4-6,9-10,14,16H,7-8,11-13H2,1-3H3. The zero-order valence-corrected chi connectivity index (χ0v) is 13.5. The van der Waals surface area contributed by atoms with Gasteiger partial charge in [-0.1, -0.05) is 44.2 Å². The van der Waals surface area contributed by atoms with Crippen molar-refractivity contribution in [2.75, 3.05) is 19.3 Å². The molecular formula is C15H26N2O2S. The van der Waals surface area contributed by atoms with Crippen molar-refractivity contribution in [2.24, 2.45) is 0 Å². The van der Waals surface area contributed by atoms with E-state index >= 15 is 0 Å². The largest absolute Gasteiger partial charge is 0.315 e. The van der Waals surface area contributed by atoms with Gasteiger partial charge >= 0.3 is 0 Å². The van der Waals surface area contributed by atoms with Gasteiger partial charge in [0.1, 0.15) is 0 Å². The van der Waals surface area contributed by atoms with E-state index in [2.05, 4.69) is 19.2 Å². The molecule has 0 aliphatic carbocycles. The molecule has 0 aromatic heterocycles. The maximum absolute atomic E-state index is 12.1. The van der Waals surface area contributed by atoms with E-state index in [0.29, 0.717) is 19.0 Å². The molecule has 4 nitrogen and oxygen atoms in total. The fourth-order valence-corrected chi connectivity index (χ4v) is 3.12. The third-order valence-corrected chi connectivity index (χ3v) is 4.99. The smallest absolute Gasteiger partial charge is 0.214 e. The molecule has 0 aliphatic heterocycles. The Kier molecular flexibility index (Phi) is 7.19. The Morgan fingerprint density at radius 2 is 1.80 bits per heavy atom. The maximum Gasteiger partial charge on any atom is 0.214 e. The number of hydrogen-bond donors (Lipinski definition) is 1. The van der Waals surface area contributed by atoms with Crippen LogP contribution in [-0.2, 0) is 16.6 Å². The quantitative estimate of drug-likeness (QED) is 0.711. The monoisotopic (exact) mass is 298 g/mol. The Hall–Kier alpha value is -0.910. The molecular weight excluding hydrogens is 272 g/mol. The molecule has 0 heterocycles. The molecule has 1 aromatic rings. The van der Waals surface area contributed by atoms with Crippen LogP contribution < -0.4 is 5.32 Å². The lowest BCUT2D eigenvalue weighted by molar-refractivity contribution is 0.463. The molecule has 0 saturated carbocycles. The van der Waals surface area contributed by atoms with E-state index in [1.54, 1.807) is 7.05 Å². The van der Waals surface area contributed by atoms with Crippen LogP contribution in [0.15, 0.2) is 30.3 Å². The molecule has 0 radical (unpaired) electrons. The molecule has 0 saturated heterocycles. The van der Waals surface area contributed by atoms with Crippen molar-refractivity contribution in [1.29, 1.82) is 0 Å². The summed E-state index contributed by atoms with van der Waals surface area (Å²) in [5, 5.41) is 3.29. The van der Waals surface area contributed by atoms with Crippen molar-refractivity contribution in [2.45, 2.75) is 39.3 Å². The summed E-state index contributed by atoms with van der Waals surface area (Å²) in [5.41, 5.74) is 1.01. The molecule has 114 valence electrons. The Morgan fingerprint density at radius 1 is 1.15 bits per heavy atom. The number of nitrogens with one attached hydrogen (secondary N) is 1. The second-order valence-corrected chi connectivity index (χ2v) is 7.57. The van der Waals surface area contributed by atoms with E-state index in [1.165, 1.54) is 4.31 Å². The van der Waals surface area contributed by atoms with Crippen LogP contribution in [0.25, 0.3) is 0 Å². The summed E-state index contributed by atoms with van der Waals surface area (Å²) in [6.45, 7) is 5.48. The minimum atomic E-state index is -3.15. The van der Waals surface area contributed by atoms with Crippen LogP contribution in [0.1, 0.15) is 32.3 Å². The third kappa shape index (κ3) is 6.50. The second-order valence-electron chi connectivity index (χ2n) is 5.37. The highest BCUT2D eigenvalue weighted by molar-refractivity contribution is 7.89. The van der Waals surface area contributed by atoms with Gasteiger partial charge in [-0.25, -0.2) is 12.7 Å². The van der Waals surface area contributed by atoms with E-state index in [9.17, 15) is 8.42 Å². The molecule has 0 amide bonds. The first-order chi connectivity index (χ1) is 9.42. The third-order valence-electron chi connectivity index (χ3n) is 3.10. The van der Waals surface area contributed by atoms with Crippen molar-refractivity contribution in [3.05, 3.63) is 35.9 Å². The van der Waals surface area contributed by atoms with Crippen LogP contribution in [-0.4, -0.2) is 38.1 Å². The number of nitrogens with zero attached hydrogens (tertiary/aromatic N) is 1. The first kappa shape index (κ1) is 17.1. The molecule has 0 atom stereocenters. The minimum absolute atomic E-state index is 0.218. The van der Waals surface area contributed by atoms with Crippen LogP contribution in [0.4, 0.5) is 0 Å². The van der Waals surface area contributed by atoms with Gasteiger partial charge in [0.05, 0.1) is 5.75 Å². The van der Waals surface area contributed by atoms with Crippen molar-refractivity contribution < 1.29 is 8.42 Å². The van der Waals surface area contributed by atoms with Gasteiger partial charge in [-0.3, -0.25) is 0 Å². The zero-order chi connectivity index (χ0) is 15.0. The van der Waals surface area contributed by atoms with Gasteiger partial charge in [0.15, 0.2) is 0 Å². The van der Waals surface area contributed by atoms with Gasteiger partial charge in [-0.2, -0.15) is 0 Å². The number of hydrogen-bond acceptors (Lipinski definition) is 3. The van der Waals surface area contributed by atoms with E-state index in [4.69, 9.17) is 0 Å². The topological polar surface area (TPSA) is 49.4 Å². The number of benzene rings is 1. The molecule has 0 spiro atoms. The summed E-state index contributed by atoms with van der Waals surface area (Å²) in [6.07, 6.45) is 1.58. The number of sulfonamides is 1. The minimum Gasteiger partial charge on any atom is -0.315 e. The molecule has 0 bridgehead atoms. The second kappa shape index (κ2) is 8.39. The van der Waals surface area contributed by atoms with Crippen molar-refractivity contribution in [3.8, 4) is 0 Å². The highest BCUT2D eigenvalue weighted by atomic mass is 32.2. The molecule has 1 rings (SSSR count). The lowest BCUT2D eigenvalue weighted by Gasteiger charge is -2.17. The summed E-state index contributed by atoms with van der Waals surface area (Å²) < 4.78 is 25.7. The Balaban J connectivity index is 2.36. The van der Waals surface area contributed by atoms with Crippen LogP contribution >= 0.6 is 0 Å². The highest BCUT2D eigenvalue weighted by Gasteiger charge is 2.17. The summed E-state index contributed by atoms with van der Waals surface area (Å²) in [4.78, 5) is 0. The van der Waals surface area contributed by atoms with E-state index in [1.807, 2.05) is 30.3 Å². The normalized spacial score (nSPS) is 12.2. The van der Waals surface area contributed by atoms with Gasteiger partial charge in [0.2, 0.25) is 10.0 Å². The van der Waals surface area contributed by atoms with E-state index < -0.39 is 10.0 Å².